The van der Waals surface area contributed by atoms with Gasteiger partial charge in [0.15, 0.2) is 6.10 Å². The van der Waals surface area contributed by atoms with Gasteiger partial charge in [0.25, 0.3) is 0 Å². The largest absolute Gasteiger partial charge is 0.479 e. The fraction of sp³-hybridized carbons (Fsp3) is 0.452. The van der Waals surface area contributed by atoms with E-state index in [1.54, 1.807) is 35.7 Å². The highest BCUT2D eigenvalue weighted by molar-refractivity contribution is 5.75. The normalized spacial score (nSPS) is 14.8. The molecule has 1 aliphatic rings. The van der Waals surface area contributed by atoms with Gasteiger partial charge in [0.2, 0.25) is 0 Å². The maximum absolute atomic E-state index is 13.6. The van der Waals surface area contributed by atoms with Crippen molar-refractivity contribution in [1.82, 2.24) is 34.5 Å². The third kappa shape index (κ3) is 6.62. The van der Waals surface area contributed by atoms with E-state index in [0.717, 1.165) is 30.3 Å². The van der Waals surface area contributed by atoms with E-state index in [0.29, 0.717) is 41.3 Å². The second-order valence-electron chi connectivity index (χ2n) is 11.4. The summed E-state index contributed by atoms with van der Waals surface area (Å²) in [6.45, 7) is 10.7. The van der Waals surface area contributed by atoms with Gasteiger partial charge in [-0.15, -0.1) is 11.0 Å². The van der Waals surface area contributed by atoms with Gasteiger partial charge in [0.1, 0.15) is 28.4 Å². The van der Waals surface area contributed by atoms with Gasteiger partial charge in [0, 0.05) is 32.0 Å². The van der Waals surface area contributed by atoms with Crippen LogP contribution in [0.2, 0.25) is 0 Å². The first-order chi connectivity index (χ1) is 20.6. The molecule has 0 radical (unpaired) electrons. The van der Waals surface area contributed by atoms with Crippen LogP contribution in [0.25, 0.3) is 16.8 Å². The number of carbonyl (C=O) groups is 1. The second kappa shape index (κ2) is 12.4. The van der Waals surface area contributed by atoms with Gasteiger partial charge < -0.3 is 19.1 Å². The topological polar surface area (TPSA) is 109 Å². The molecule has 0 N–H and O–H groups in total. The van der Waals surface area contributed by atoms with Crippen LogP contribution in [0.5, 0.6) is 5.75 Å². The van der Waals surface area contributed by atoms with Gasteiger partial charge in [-0.25, -0.2) is 18.4 Å². The molecule has 11 nitrogen and oxygen atoms in total. The van der Waals surface area contributed by atoms with Crippen molar-refractivity contribution in [2.75, 3.05) is 26.8 Å². The summed E-state index contributed by atoms with van der Waals surface area (Å²) in [5.74, 6) is 6.08. The monoisotopic (exact) mass is 589 g/mol. The van der Waals surface area contributed by atoms with Crippen LogP contribution in [-0.2, 0) is 9.47 Å². The van der Waals surface area contributed by atoms with Crippen LogP contribution in [-0.4, -0.2) is 73.0 Å². The van der Waals surface area contributed by atoms with Crippen molar-refractivity contribution in [2.45, 2.75) is 65.2 Å². The predicted octanol–water partition coefficient (Wildman–Crippen LogP) is 5.15. The highest BCUT2D eigenvalue weighted by Gasteiger charge is 2.29. The molecule has 1 atom stereocenters. The Morgan fingerprint density at radius 1 is 1.21 bits per heavy atom. The van der Waals surface area contributed by atoms with Gasteiger partial charge in [-0.1, -0.05) is 11.1 Å². The van der Waals surface area contributed by atoms with E-state index < -0.39 is 17.5 Å². The lowest BCUT2D eigenvalue weighted by molar-refractivity contribution is 0.0183. The molecular weight excluding hydrogens is 553 g/mol. The number of fused-ring (bicyclic) bond motifs is 1. The van der Waals surface area contributed by atoms with E-state index in [1.165, 1.54) is 6.07 Å². The average Bonchev–Trinajstić information content (AvgIpc) is 3.56. The number of hydrogen-bond donors (Lipinski definition) is 0. The van der Waals surface area contributed by atoms with Gasteiger partial charge in [-0.2, -0.15) is 5.10 Å². The van der Waals surface area contributed by atoms with Crippen LogP contribution in [0.1, 0.15) is 69.6 Å². The van der Waals surface area contributed by atoms with E-state index in [4.69, 9.17) is 14.2 Å². The van der Waals surface area contributed by atoms with Crippen LogP contribution in [0.3, 0.4) is 0 Å². The van der Waals surface area contributed by atoms with Gasteiger partial charge in [-0.3, -0.25) is 4.98 Å². The minimum absolute atomic E-state index is 0.0890. The van der Waals surface area contributed by atoms with E-state index in [9.17, 15) is 9.18 Å². The van der Waals surface area contributed by atoms with Crippen molar-refractivity contribution in [3.63, 3.8) is 0 Å². The zero-order chi connectivity index (χ0) is 30.7. The number of rotatable bonds is 7. The number of piperidine rings is 1. The van der Waals surface area contributed by atoms with Crippen LogP contribution < -0.4 is 4.74 Å². The standard InChI is InChI=1S/C31H36FN7O4/c1-7-8-21-16-34-38-18-22(15-26(29(21)38)42-27(19-41-6)25-10-9-23(32)17-33-25)28-20(2)39(36-35-28)24-11-13-37(14-12-24)30(40)43-31(3,4)5/h9-10,15-18,24,27H,11-14,19H2,1-6H3. The molecule has 1 fully saturated rings. The Hall–Kier alpha value is -4.50. The van der Waals surface area contributed by atoms with Gasteiger partial charge >= 0.3 is 6.09 Å². The number of hydrogen-bond acceptors (Lipinski definition) is 8. The third-order valence-electron chi connectivity index (χ3n) is 7.17. The summed E-state index contributed by atoms with van der Waals surface area (Å²) in [5.41, 5.74) is 3.69. The summed E-state index contributed by atoms with van der Waals surface area (Å²) in [6.07, 6.45) is 5.27. The molecule has 5 heterocycles. The molecule has 1 unspecified atom stereocenters. The van der Waals surface area contributed by atoms with E-state index in [-0.39, 0.29) is 18.7 Å². The van der Waals surface area contributed by atoms with Crippen molar-refractivity contribution in [2.24, 2.45) is 0 Å². The van der Waals surface area contributed by atoms with Crippen LogP contribution in [0, 0.1) is 24.6 Å². The van der Waals surface area contributed by atoms with Crippen LogP contribution in [0.15, 0.2) is 36.8 Å². The van der Waals surface area contributed by atoms with Gasteiger partial charge in [0.05, 0.1) is 42.0 Å². The first-order valence-corrected chi connectivity index (χ1v) is 14.2. The second-order valence-corrected chi connectivity index (χ2v) is 11.4. The summed E-state index contributed by atoms with van der Waals surface area (Å²) in [7, 11) is 1.57. The van der Waals surface area contributed by atoms with E-state index >= 15 is 0 Å². The Balaban J connectivity index is 1.45. The number of halogens is 1. The lowest BCUT2D eigenvalue weighted by Gasteiger charge is -2.33. The minimum atomic E-state index is -0.617. The van der Waals surface area contributed by atoms with Crippen molar-refractivity contribution in [3.05, 3.63) is 59.6 Å². The molecule has 1 amide bonds. The summed E-state index contributed by atoms with van der Waals surface area (Å²) in [6, 6.07) is 4.89. The quantitative estimate of drug-likeness (QED) is 0.273. The molecule has 1 aliphatic heterocycles. The molecule has 0 aromatic carbocycles. The number of methoxy groups -OCH3 is 1. The van der Waals surface area contributed by atoms with Crippen molar-refractivity contribution in [3.8, 4) is 28.8 Å². The zero-order valence-electron chi connectivity index (χ0n) is 25.3. The lowest BCUT2D eigenvalue weighted by atomic mass is 10.0. The maximum Gasteiger partial charge on any atom is 0.410 e. The summed E-state index contributed by atoms with van der Waals surface area (Å²) in [4.78, 5) is 18.5. The minimum Gasteiger partial charge on any atom is -0.479 e. The van der Waals surface area contributed by atoms with Crippen LogP contribution >= 0.6 is 0 Å². The smallest absolute Gasteiger partial charge is 0.410 e. The molecular formula is C31H36FN7O4. The first-order valence-electron chi connectivity index (χ1n) is 14.2. The first kappa shape index (κ1) is 30.0. The third-order valence-corrected chi connectivity index (χ3v) is 7.17. The number of nitrogens with zero attached hydrogens (tertiary/aromatic N) is 7. The highest BCUT2D eigenvalue weighted by atomic mass is 19.1. The Bertz CT molecular complexity index is 1660. The zero-order valence-corrected chi connectivity index (χ0v) is 25.3. The van der Waals surface area contributed by atoms with E-state index in [1.807, 2.05) is 44.6 Å². The molecule has 0 spiro atoms. The Morgan fingerprint density at radius 3 is 2.63 bits per heavy atom. The molecule has 5 rings (SSSR count). The number of pyridine rings is 2. The summed E-state index contributed by atoms with van der Waals surface area (Å²) in [5, 5.41) is 13.6. The SMILES string of the molecule is CC#Cc1cnn2cc(-c3nnn(C4CCN(C(=O)OC(C)(C)C)CC4)c3C)cc(OC(COC)c3ccc(F)cn3)c12. The number of ether oxygens (including phenoxy) is 3. The van der Waals surface area contributed by atoms with Crippen LogP contribution in [0.4, 0.5) is 9.18 Å². The molecule has 226 valence electrons. The fourth-order valence-corrected chi connectivity index (χ4v) is 5.17. The Labute approximate surface area is 249 Å². The summed E-state index contributed by atoms with van der Waals surface area (Å²) >= 11 is 0. The van der Waals surface area contributed by atoms with Gasteiger partial charge in [-0.05, 0) is 65.7 Å². The molecule has 4 aromatic heterocycles. The number of aromatic nitrogens is 6. The summed E-state index contributed by atoms with van der Waals surface area (Å²) < 4.78 is 34.7. The van der Waals surface area contributed by atoms with Crippen molar-refractivity contribution >= 4 is 11.6 Å². The highest BCUT2D eigenvalue weighted by Crippen LogP contribution is 2.34. The molecule has 43 heavy (non-hydrogen) atoms. The maximum atomic E-state index is 13.6. The molecule has 0 aliphatic carbocycles. The molecule has 0 saturated carbocycles. The molecule has 12 heteroatoms. The van der Waals surface area contributed by atoms with Crippen molar-refractivity contribution < 1.29 is 23.4 Å². The molecule has 1 saturated heterocycles. The number of likely N-dealkylation sites (tertiary alicyclic amines) is 1. The number of carbonyl (C=O) groups excluding carboxylic acids is 1. The Morgan fingerprint density at radius 2 is 1.98 bits per heavy atom. The lowest BCUT2D eigenvalue weighted by Crippen LogP contribution is -2.42. The van der Waals surface area contributed by atoms with E-state index in [2.05, 4.69) is 32.2 Å². The van der Waals surface area contributed by atoms with Crippen molar-refractivity contribution in [1.29, 1.82) is 0 Å². The average molecular weight is 590 g/mol. The Kier molecular flexibility index (Phi) is 8.64. The molecule has 4 aromatic rings. The number of amides is 1. The fourth-order valence-electron chi connectivity index (χ4n) is 5.17. The molecule has 0 bridgehead atoms. The predicted molar refractivity (Wildman–Crippen MR) is 157 cm³/mol.